The molecule has 0 bridgehead atoms. The lowest BCUT2D eigenvalue weighted by atomic mass is 10.1. The molecular weight excluding hydrogens is 469 g/mol. The molecule has 0 amide bonds. The second-order valence-corrected chi connectivity index (χ2v) is 6.00. The van der Waals surface area contributed by atoms with E-state index < -0.39 is 0 Å². The molecule has 0 atom stereocenters. The number of fused-ring (bicyclic) bond motifs is 1. The van der Waals surface area contributed by atoms with Gasteiger partial charge in [0.2, 0.25) is 6.79 Å². The van der Waals surface area contributed by atoms with Crippen LogP contribution in [0.4, 0.5) is 0 Å². The molecule has 0 aliphatic carbocycles. The van der Waals surface area contributed by atoms with Crippen molar-refractivity contribution in [3.05, 3.63) is 66.2 Å². The van der Waals surface area contributed by atoms with Crippen LogP contribution in [-0.2, 0) is 13.0 Å². The Morgan fingerprint density at radius 3 is 2.82 bits per heavy atom. The highest BCUT2D eigenvalue weighted by Crippen LogP contribution is 2.32. The number of benzene rings is 2. The Labute approximate surface area is 183 Å². The van der Waals surface area contributed by atoms with Crippen LogP contribution >= 0.6 is 24.0 Å². The van der Waals surface area contributed by atoms with Crippen molar-refractivity contribution in [2.24, 2.45) is 4.99 Å². The summed E-state index contributed by atoms with van der Waals surface area (Å²) < 4.78 is 16.4. The Morgan fingerprint density at radius 1 is 1.18 bits per heavy atom. The molecule has 3 rings (SSSR count). The zero-order valence-corrected chi connectivity index (χ0v) is 18.3. The molecule has 150 valence electrons. The lowest BCUT2D eigenvalue weighted by Crippen LogP contribution is -2.37. The highest BCUT2D eigenvalue weighted by molar-refractivity contribution is 14.0. The van der Waals surface area contributed by atoms with E-state index >= 15 is 0 Å². The van der Waals surface area contributed by atoms with E-state index in [-0.39, 0.29) is 24.0 Å². The van der Waals surface area contributed by atoms with E-state index in [2.05, 4.69) is 28.3 Å². The Hall–Kier alpha value is -2.42. The SMILES string of the molecule is C=CCOc1ccccc1CNC(=NC)NCCc1ccc2c(c1)OCO2.I. The number of rotatable bonds is 8. The van der Waals surface area contributed by atoms with Gasteiger partial charge in [-0.25, -0.2) is 0 Å². The largest absolute Gasteiger partial charge is 0.489 e. The highest BCUT2D eigenvalue weighted by Gasteiger charge is 2.13. The summed E-state index contributed by atoms with van der Waals surface area (Å²) in [5.41, 5.74) is 2.25. The summed E-state index contributed by atoms with van der Waals surface area (Å²) in [7, 11) is 1.76. The first kappa shape index (κ1) is 21.9. The molecular formula is C21H26IN3O3. The molecule has 1 heterocycles. The van der Waals surface area contributed by atoms with Gasteiger partial charge in [-0.2, -0.15) is 0 Å². The standard InChI is InChI=1S/C21H25N3O3.HI/c1-3-12-25-18-7-5-4-6-17(18)14-24-21(22-2)23-11-10-16-8-9-19-20(13-16)27-15-26-19;/h3-9,13H,1,10-12,14-15H2,2H3,(H2,22,23,24);1H. The Balaban J connectivity index is 0.00000280. The summed E-state index contributed by atoms with van der Waals surface area (Å²) in [4.78, 5) is 4.28. The summed E-state index contributed by atoms with van der Waals surface area (Å²) in [5.74, 6) is 3.21. The summed E-state index contributed by atoms with van der Waals surface area (Å²) in [6.45, 7) is 5.85. The molecule has 2 aromatic carbocycles. The quantitative estimate of drug-likeness (QED) is 0.254. The van der Waals surface area contributed by atoms with Crippen LogP contribution in [0.2, 0.25) is 0 Å². The maximum atomic E-state index is 5.69. The van der Waals surface area contributed by atoms with Gasteiger partial charge in [0.15, 0.2) is 17.5 Å². The average Bonchev–Trinajstić information content (AvgIpc) is 3.17. The van der Waals surface area contributed by atoms with E-state index in [4.69, 9.17) is 14.2 Å². The minimum absolute atomic E-state index is 0. The van der Waals surface area contributed by atoms with Crippen LogP contribution in [0.3, 0.4) is 0 Å². The van der Waals surface area contributed by atoms with Crippen LogP contribution in [0.5, 0.6) is 17.2 Å². The van der Waals surface area contributed by atoms with Crippen LogP contribution in [-0.4, -0.2) is 33.0 Å². The molecule has 0 radical (unpaired) electrons. The third-order valence-electron chi connectivity index (χ3n) is 4.14. The minimum atomic E-state index is 0. The summed E-state index contributed by atoms with van der Waals surface area (Å²) in [6, 6.07) is 14.0. The lowest BCUT2D eigenvalue weighted by molar-refractivity contribution is 0.174. The van der Waals surface area contributed by atoms with Crippen molar-refractivity contribution >= 4 is 29.9 Å². The third kappa shape index (κ3) is 6.05. The summed E-state index contributed by atoms with van der Waals surface area (Å²) >= 11 is 0. The van der Waals surface area contributed by atoms with Gasteiger partial charge in [-0.05, 0) is 30.2 Å². The Kier molecular flexibility index (Phi) is 8.93. The molecule has 7 heteroatoms. The van der Waals surface area contributed by atoms with Crippen molar-refractivity contribution in [1.29, 1.82) is 0 Å². The predicted molar refractivity (Wildman–Crippen MR) is 122 cm³/mol. The number of halogens is 1. The van der Waals surface area contributed by atoms with Crippen LogP contribution in [0.25, 0.3) is 0 Å². The van der Waals surface area contributed by atoms with Gasteiger partial charge in [0, 0.05) is 25.7 Å². The second-order valence-electron chi connectivity index (χ2n) is 6.00. The van der Waals surface area contributed by atoms with Gasteiger partial charge in [-0.3, -0.25) is 4.99 Å². The minimum Gasteiger partial charge on any atom is -0.489 e. The third-order valence-corrected chi connectivity index (χ3v) is 4.14. The van der Waals surface area contributed by atoms with Crippen LogP contribution in [0, 0.1) is 0 Å². The molecule has 0 spiro atoms. The first-order valence-electron chi connectivity index (χ1n) is 8.95. The van der Waals surface area contributed by atoms with Crippen molar-refractivity contribution in [3.63, 3.8) is 0 Å². The summed E-state index contributed by atoms with van der Waals surface area (Å²) in [6.07, 6.45) is 2.59. The van der Waals surface area contributed by atoms with Gasteiger partial charge in [0.05, 0.1) is 0 Å². The Bertz CT molecular complexity index is 811. The van der Waals surface area contributed by atoms with Gasteiger partial charge >= 0.3 is 0 Å². The fourth-order valence-electron chi connectivity index (χ4n) is 2.76. The van der Waals surface area contributed by atoms with E-state index in [9.17, 15) is 0 Å². The van der Waals surface area contributed by atoms with Crippen molar-refractivity contribution in [1.82, 2.24) is 10.6 Å². The van der Waals surface area contributed by atoms with Crippen LogP contribution in [0.1, 0.15) is 11.1 Å². The number of ether oxygens (including phenoxy) is 3. The average molecular weight is 495 g/mol. The number of para-hydroxylation sites is 1. The number of nitrogens with zero attached hydrogens (tertiary/aromatic N) is 1. The molecule has 0 unspecified atom stereocenters. The zero-order valence-electron chi connectivity index (χ0n) is 15.9. The molecule has 2 aromatic rings. The smallest absolute Gasteiger partial charge is 0.231 e. The maximum absolute atomic E-state index is 5.69. The highest BCUT2D eigenvalue weighted by atomic mass is 127. The first-order chi connectivity index (χ1) is 13.3. The van der Waals surface area contributed by atoms with Gasteiger partial charge in [-0.1, -0.05) is 36.9 Å². The lowest BCUT2D eigenvalue weighted by Gasteiger charge is -2.14. The number of hydrogen-bond donors (Lipinski definition) is 2. The predicted octanol–water partition coefficient (Wildman–Crippen LogP) is 3.51. The number of hydrogen-bond acceptors (Lipinski definition) is 4. The fraction of sp³-hybridized carbons (Fsp3) is 0.286. The van der Waals surface area contributed by atoms with Gasteiger partial charge < -0.3 is 24.8 Å². The molecule has 0 fully saturated rings. The molecule has 0 saturated heterocycles. The molecule has 6 nitrogen and oxygen atoms in total. The van der Waals surface area contributed by atoms with E-state index in [0.717, 1.165) is 41.7 Å². The van der Waals surface area contributed by atoms with Crippen LogP contribution in [0.15, 0.2) is 60.1 Å². The van der Waals surface area contributed by atoms with Crippen LogP contribution < -0.4 is 24.8 Å². The first-order valence-corrected chi connectivity index (χ1v) is 8.95. The molecule has 0 aromatic heterocycles. The fourth-order valence-corrected chi connectivity index (χ4v) is 2.76. The molecule has 1 aliphatic heterocycles. The monoisotopic (exact) mass is 495 g/mol. The molecule has 2 N–H and O–H groups in total. The number of guanidine groups is 1. The van der Waals surface area contributed by atoms with Gasteiger partial charge in [0.1, 0.15) is 12.4 Å². The zero-order chi connectivity index (χ0) is 18.9. The second kappa shape index (κ2) is 11.4. The molecule has 28 heavy (non-hydrogen) atoms. The van der Waals surface area contributed by atoms with E-state index in [1.807, 2.05) is 36.4 Å². The Morgan fingerprint density at radius 2 is 2.00 bits per heavy atom. The summed E-state index contributed by atoms with van der Waals surface area (Å²) in [5, 5.41) is 6.65. The number of nitrogens with one attached hydrogen (secondary N) is 2. The molecule has 0 saturated carbocycles. The normalized spacial score (nSPS) is 12.1. The van der Waals surface area contributed by atoms with E-state index in [1.54, 1.807) is 13.1 Å². The van der Waals surface area contributed by atoms with Crippen molar-refractivity contribution in [2.75, 3.05) is 27.0 Å². The van der Waals surface area contributed by atoms with Crippen molar-refractivity contribution in [3.8, 4) is 17.2 Å². The van der Waals surface area contributed by atoms with Crippen molar-refractivity contribution < 1.29 is 14.2 Å². The van der Waals surface area contributed by atoms with E-state index in [0.29, 0.717) is 19.9 Å². The molecule has 1 aliphatic rings. The number of aliphatic imine (C=N–C) groups is 1. The maximum Gasteiger partial charge on any atom is 0.231 e. The van der Waals surface area contributed by atoms with E-state index in [1.165, 1.54) is 5.56 Å². The van der Waals surface area contributed by atoms with Gasteiger partial charge in [-0.15, -0.1) is 24.0 Å². The topological polar surface area (TPSA) is 64.1 Å². The van der Waals surface area contributed by atoms with Gasteiger partial charge in [0.25, 0.3) is 0 Å². The van der Waals surface area contributed by atoms with Crippen molar-refractivity contribution in [2.45, 2.75) is 13.0 Å².